The van der Waals surface area contributed by atoms with E-state index < -0.39 is 10.0 Å². The summed E-state index contributed by atoms with van der Waals surface area (Å²) >= 11 is 0. The van der Waals surface area contributed by atoms with Crippen LogP contribution >= 0.6 is 0 Å². The molecule has 8 nitrogen and oxygen atoms in total. The molecule has 0 saturated heterocycles. The van der Waals surface area contributed by atoms with Gasteiger partial charge in [-0.3, -0.25) is 9.59 Å². The van der Waals surface area contributed by atoms with Gasteiger partial charge in [0.25, 0.3) is 5.91 Å². The molecule has 2 aliphatic rings. The molecule has 5 rings (SSSR count). The molecule has 0 saturated carbocycles. The van der Waals surface area contributed by atoms with Gasteiger partial charge in [-0.15, -0.1) is 0 Å². The SMILES string of the molecule is CN1C(=O)Cc2cc(S(=O)(=O)N3CCOc4ccc(C(=O)NCc5ccccc5)cc4C3)ccc21. The van der Waals surface area contributed by atoms with Gasteiger partial charge in [0.2, 0.25) is 15.9 Å². The number of hydrogen-bond donors (Lipinski definition) is 1. The third-order valence-electron chi connectivity index (χ3n) is 6.33. The van der Waals surface area contributed by atoms with Crippen molar-refractivity contribution < 1.29 is 22.7 Å². The van der Waals surface area contributed by atoms with Gasteiger partial charge >= 0.3 is 0 Å². The molecule has 35 heavy (non-hydrogen) atoms. The van der Waals surface area contributed by atoms with Crippen LogP contribution in [-0.2, 0) is 34.3 Å². The Morgan fingerprint density at radius 2 is 1.83 bits per heavy atom. The lowest BCUT2D eigenvalue weighted by atomic mass is 10.1. The van der Waals surface area contributed by atoms with E-state index in [-0.39, 0.29) is 42.8 Å². The van der Waals surface area contributed by atoms with Gasteiger partial charge in [-0.2, -0.15) is 4.31 Å². The van der Waals surface area contributed by atoms with Crippen LogP contribution < -0.4 is 15.0 Å². The van der Waals surface area contributed by atoms with Crippen LogP contribution in [-0.4, -0.2) is 44.7 Å². The van der Waals surface area contributed by atoms with E-state index in [4.69, 9.17) is 4.74 Å². The first-order valence-electron chi connectivity index (χ1n) is 11.3. The molecule has 0 spiro atoms. The fraction of sp³-hybridized carbons (Fsp3) is 0.231. The third-order valence-corrected chi connectivity index (χ3v) is 8.17. The normalized spacial score (nSPS) is 15.7. The zero-order valence-electron chi connectivity index (χ0n) is 19.2. The van der Waals surface area contributed by atoms with Crippen molar-refractivity contribution in [3.63, 3.8) is 0 Å². The molecule has 0 aliphatic carbocycles. The van der Waals surface area contributed by atoms with Crippen molar-refractivity contribution in [3.05, 3.63) is 89.0 Å². The number of anilines is 1. The average Bonchev–Trinajstić information content (AvgIpc) is 3.02. The lowest BCUT2D eigenvalue weighted by Crippen LogP contribution is -2.32. The van der Waals surface area contributed by atoms with Crippen molar-refractivity contribution in [1.82, 2.24) is 9.62 Å². The number of fused-ring (bicyclic) bond motifs is 2. The number of nitrogens with zero attached hydrogens (tertiary/aromatic N) is 2. The summed E-state index contributed by atoms with van der Waals surface area (Å²) in [5.74, 6) is 0.246. The highest BCUT2D eigenvalue weighted by Crippen LogP contribution is 2.32. The number of ether oxygens (including phenoxy) is 1. The maximum Gasteiger partial charge on any atom is 0.251 e. The predicted molar refractivity (Wildman–Crippen MR) is 131 cm³/mol. The highest BCUT2D eigenvalue weighted by Gasteiger charge is 2.31. The summed E-state index contributed by atoms with van der Waals surface area (Å²) in [5, 5.41) is 2.89. The van der Waals surface area contributed by atoms with Crippen molar-refractivity contribution in [3.8, 4) is 5.75 Å². The van der Waals surface area contributed by atoms with Gasteiger partial charge in [-0.1, -0.05) is 30.3 Å². The second-order valence-electron chi connectivity index (χ2n) is 8.60. The average molecular weight is 492 g/mol. The number of rotatable bonds is 5. The number of sulfonamides is 1. The molecule has 3 aromatic rings. The number of benzene rings is 3. The molecule has 3 aromatic carbocycles. The molecule has 1 N–H and O–H groups in total. The fourth-order valence-corrected chi connectivity index (χ4v) is 5.81. The zero-order valence-corrected chi connectivity index (χ0v) is 20.0. The molecule has 0 unspecified atom stereocenters. The van der Waals surface area contributed by atoms with Crippen LogP contribution in [0, 0.1) is 0 Å². The minimum absolute atomic E-state index is 0.0651. The Morgan fingerprint density at radius 1 is 1.03 bits per heavy atom. The van der Waals surface area contributed by atoms with E-state index in [1.54, 1.807) is 37.4 Å². The van der Waals surface area contributed by atoms with Crippen LogP contribution in [0.2, 0.25) is 0 Å². The molecule has 0 radical (unpaired) electrons. The summed E-state index contributed by atoms with van der Waals surface area (Å²) in [7, 11) is -2.16. The van der Waals surface area contributed by atoms with Crippen LogP contribution in [0.4, 0.5) is 5.69 Å². The smallest absolute Gasteiger partial charge is 0.251 e. The van der Waals surface area contributed by atoms with Crippen LogP contribution in [0.5, 0.6) is 5.75 Å². The second kappa shape index (κ2) is 9.16. The van der Waals surface area contributed by atoms with Crippen LogP contribution in [0.25, 0.3) is 0 Å². The summed E-state index contributed by atoms with van der Waals surface area (Å²) in [6.45, 7) is 0.831. The minimum atomic E-state index is -3.84. The summed E-state index contributed by atoms with van der Waals surface area (Å²) in [5.41, 5.74) is 3.46. The number of carbonyl (C=O) groups is 2. The van der Waals surface area contributed by atoms with E-state index in [9.17, 15) is 18.0 Å². The summed E-state index contributed by atoms with van der Waals surface area (Å²) < 4.78 is 34.1. The first kappa shape index (κ1) is 23.1. The Morgan fingerprint density at radius 3 is 2.63 bits per heavy atom. The Labute approximate surface area is 204 Å². The van der Waals surface area contributed by atoms with Crippen molar-refractivity contribution in [2.45, 2.75) is 24.4 Å². The number of carbonyl (C=O) groups excluding carboxylic acids is 2. The molecule has 9 heteroatoms. The zero-order chi connectivity index (χ0) is 24.6. The van der Waals surface area contributed by atoms with Crippen LogP contribution in [0.3, 0.4) is 0 Å². The van der Waals surface area contributed by atoms with Gasteiger partial charge in [0.1, 0.15) is 12.4 Å². The van der Waals surface area contributed by atoms with E-state index in [1.165, 1.54) is 15.3 Å². The first-order valence-corrected chi connectivity index (χ1v) is 12.7. The second-order valence-corrected chi connectivity index (χ2v) is 10.5. The van der Waals surface area contributed by atoms with Gasteiger partial charge in [0.15, 0.2) is 0 Å². The minimum Gasteiger partial charge on any atom is -0.492 e. The largest absolute Gasteiger partial charge is 0.492 e. The van der Waals surface area contributed by atoms with Crippen molar-refractivity contribution in [1.29, 1.82) is 0 Å². The topological polar surface area (TPSA) is 96.0 Å². The Hall–Kier alpha value is -3.69. The Balaban J connectivity index is 1.36. The van der Waals surface area contributed by atoms with E-state index in [1.807, 2.05) is 30.3 Å². The molecule has 0 fully saturated rings. The van der Waals surface area contributed by atoms with Gasteiger partial charge in [0.05, 0.1) is 11.3 Å². The highest BCUT2D eigenvalue weighted by atomic mass is 32.2. The molecular weight excluding hydrogens is 466 g/mol. The highest BCUT2D eigenvalue weighted by molar-refractivity contribution is 7.89. The van der Waals surface area contributed by atoms with Crippen LogP contribution in [0.15, 0.2) is 71.6 Å². The quantitative estimate of drug-likeness (QED) is 0.592. The predicted octanol–water partition coefficient (Wildman–Crippen LogP) is 2.72. The monoisotopic (exact) mass is 491 g/mol. The summed E-state index contributed by atoms with van der Waals surface area (Å²) in [6, 6.07) is 19.4. The van der Waals surface area contributed by atoms with Crippen LogP contribution in [0.1, 0.15) is 27.0 Å². The number of nitrogens with one attached hydrogen (secondary N) is 1. The molecule has 180 valence electrons. The fourth-order valence-electron chi connectivity index (χ4n) is 4.35. The lowest BCUT2D eigenvalue weighted by Gasteiger charge is -2.20. The van der Waals surface area contributed by atoms with Gasteiger partial charge in [0, 0.05) is 43.5 Å². The van der Waals surface area contributed by atoms with Gasteiger partial charge < -0.3 is 15.0 Å². The molecule has 0 atom stereocenters. The van der Waals surface area contributed by atoms with E-state index in [0.29, 0.717) is 29.0 Å². The Bertz CT molecular complexity index is 1410. The Kier molecular flexibility index (Phi) is 6.04. The maximum absolute atomic E-state index is 13.5. The van der Waals surface area contributed by atoms with Gasteiger partial charge in [-0.05, 0) is 47.5 Å². The third kappa shape index (κ3) is 4.52. The molecule has 0 aromatic heterocycles. The number of likely N-dealkylation sites (N-methyl/N-ethyl adjacent to an activating group) is 1. The van der Waals surface area contributed by atoms with Gasteiger partial charge in [-0.25, -0.2) is 8.42 Å². The van der Waals surface area contributed by atoms with E-state index >= 15 is 0 Å². The number of hydrogen-bond acceptors (Lipinski definition) is 5. The number of amides is 2. The molecular formula is C26H25N3O5S. The van der Waals surface area contributed by atoms with Crippen molar-refractivity contribution >= 4 is 27.5 Å². The maximum atomic E-state index is 13.5. The molecule has 2 heterocycles. The standard InChI is InChI=1S/C26H25N3O5S/c1-28-23-9-8-22(14-20(23)15-25(28)30)35(32,33)29-11-12-34-24-10-7-19(13-21(24)17-29)26(31)27-16-18-5-3-2-4-6-18/h2-10,13-14H,11-12,15-17H2,1H3,(H,27,31). The summed E-state index contributed by atoms with van der Waals surface area (Å²) in [6.07, 6.45) is 0.183. The lowest BCUT2D eigenvalue weighted by molar-refractivity contribution is -0.117. The summed E-state index contributed by atoms with van der Waals surface area (Å²) in [4.78, 5) is 26.4. The molecule has 2 aliphatic heterocycles. The van der Waals surface area contributed by atoms with E-state index in [0.717, 1.165) is 11.3 Å². The van der Waals surface area contributed by atoms with E-state index in [2.05, 4.69) is 5.32 Å². The molecule has 2 amide bonds. The van der Waals surface area contributed by atoms with Crippen molar-refractivity contribution in [2.75, 3.05) is 25.1 Å². The molecule has 0 bridgehead atoms. The first-order chi connectivity index (χ1) is 16.8. The van der Waals surface area contributed by atoms with Crippen molar-refractivity contribution in [2.24, 2.45) is 0 Å².